The molecule has 0 spiro atoms. The third-order valence-electron chi connectivity index (χ3n) is 13.8. The van der Waals surface area contributed by atoms with Gasteiger partial charge in [-0.15, -0.1) is 0 Å². The molecule has 9 aliphatic rings. The van der Waals surface area contributed by atoms with Gasteiger partial charge in [0.05, 0.1) is 49.3 Å². The van der Waals surface area contributed by atoms with Crippen LogP contribution in [0.2, 0.25) is 0 Å². The van der Waals surface area contributed by atoms with Crippen LogP contribution < -0.4 is 42.5 Å². The van der Waals surface area contributed by atoms with Gasteiger partial charge in [0.15, 0.2) is 0 Å². The summed E-state index contributed by atoms with van der Waals surface area (Å²) in [5.41, 5.74) is 0. The maximum absolute atomic E-state index is 4.26. The Morgan fingerprint density at radius 1 is 0.238 bits per heavy atom. The van der Waals surface area contributed by atoms with E-state index in [4.69, 9.17) is 0 Å². The maximum Gasteiger partial charge on any atom is 0.0628 e. The van der Waals surface area contributed by atoms with Gasteiger partial charge in [-0.3, -0.25) is 42.5 Å². The molecule has 8 unspecified atom stereocenters. The number of fused-ring (bicyclic) bond motifs is 20. The van der Waals surface area contributed by atoms with E-state index < -0.39 is 0 Å². The Labute approximate surface area is 274 Å². The van der Waals surface area contributed by atoms with Crippen molar-refractivity contribution >= 4 is 0 Å². The molecule has 8 bridgehead atoms. The molecule has 8 N–H and O–H groups in total. The molecule has 8 nitrogen and oxygen atoms in total. The molecular weight excluding hydrogens is 614 g/mol. The SMILES string of the molecule is C1CCC2C3NC(NC4NC(NC5NC(NC6NC(N3)C3CCCCC63)C3CCCCC53)C3CCCCC43)C2C1.[Co].[Ni]. The minimum Gasteiger partial charge on any atom is -0.286 e. The van der Waals surface area contributed by atoms with Crippen molar-refractivity contribution in [3.63, 3.8) is 0 Å². The molecule has 10 heteroatoms. The van der Waals surface area contributed by atoms with E-state index in [0.29, 0.717) is 49.3 Å². The van der Waals surface area contributed by atoms with Crippen LogP contribution in [-0.4, -0.2) is 49.3 Å². The summed E-state index contributed by atoms with van der Waals surface area (Å²) in [7, 11) is 0. The first-order valence-corrected chi connectivity index (χ1v) is 17.9. The summed E-state index contributed by atoms with van der Waals surface area (Å²) in [5.74, 6) is 5.97. The third kappa shape index (κ3) is 5.42. The van der Waals surface area contributed by atoms with E-state index in [-0.39, 0.29) is 33.3 Å². The fourth-order valence-corrected chi connectivity index (χ4v) is 12.0. The predicted octanol–water partition coefficient (Wildman–Crippen LogP) is 2.60. The number of nitrogens with one attached hydrogen (secondary N) is 8. The van der Waals surface area contributed by atoms with E-state index in [2.05, 4.69) is 42.5 Å². The molecule has 1 radical (unpaired) electrons. The van der Waals surface area contributed by atoms with Crippen molar-refractivity contribution < 1.29 is 33.3 Å². The van der Waals surface area contributed by atoms with Crippen LogP contribution in [0.3, 0.4) is 0 Å². The average Bonchev–Trinajstić information content (AvgIpc) is 3.73. The molecule has 5 saturated heterocycles. The number of hydrogen-bond acceptors (Lipinski definition) is 8. The number of rotatable bonds is 0. The Bertz CT molecular complexity index is 723. The molecule has 9 fully saturated rings. The zero-order chi connectivity index (χ0) is 26.2. The summed E-state index contributed by atoms with van der Waals surface area (Å²) in [6.07, 6.45) is 25.6. The van der Waals surface area contributed by atoms with Gasteiger partial charge in [0.2, 0.25) is 0 Å². The minimum atomic E-state index is 0. The van der Waals surface area contributed by atoms with Crippen LogP contribution >= 0.6 is 0 Å². The molecule has 5 heterocycles. The van der Waals surface area contributed by atoms with E-state index in [9.17, 15) is 0 Å². The van der Waals surface area contributed by atoms with Gasteiger partial charge in [-0.05, 0) is 98.7 Å². The standard InChI is InChI=1S/C32H56N8.Co.Ni/c1-2-10-18-17(9-1)25-33-26(18)38-28-21-13-5-6-14-22(21)30(35-28)40-32-24-16-8-7-15-23(24)31(36-32)39-29-20-12-4-3-11-19(20)27(34-29)37-25;;/h17-40H,1-16H2;;. The summed E-state index contributed by atoms with van der Waals surface area (Å²) in [6, 6.07) is 0. The molecule has 4 aliphatic carbocycles. The first-order chi connectivity index (χ1) is 19.8. The first-order valence-electron chi connectivity index (χ1n) is 17.9. The summed E-state index contributed by atoms with van der Waals surface area (Å²) >= 11 is 0. The Balaban J connectivity index is 0.00000144. The predicted molar refractivity (Wildman–Crippen MR) is 157 cm³/mol. The zero-order valence-corrected chi connectivity index (χ0v) is 27.2. The quantitative estimate of drug-likeness (QED) is 0.187. The van der Waals surface area contributed by atoms with Gasteiger partial charge in [0, 0.05) is 33.3 Å². The van der Waals surface area contributed by atoms with Crippen molar-refractivity contribution in [2.45, 2.75) is 152 Å². The molecule has 0 amide bonds. The van der Waals surface area contributed by atoms with Crippen molar-refractivity contribution in [3.05, 3.63) is 0 Å². The molecule has 4 saturated carbocycles. The Kier molecular flexibility index (Phi) is 9.73. The molecule has 0 aromatic rings. The second-order valence-corrected chi connectivity index (χ2v) is 15.6. The van der Waals surface area contributed by atoms with Crippen LogP contribution in [0.1, 0.15) is 103 Å². The fourth-order valence-electron chi connectivity index (χ4n) is 12.0. The van der Waals surface area contributed by atoms with Crippen LogP contribution in [0.5, 0.6) is 0 Å². The van der Waals surface area contributed by atoms with E-state index in [0.717, 1.165) is 47.3 Å². The van der Waals surface area contributed by atoms with E-state index in [1.165, 1.54) is 103 Å². The van der Waals surface area contributed by atoms with Gasteiger partial charge in [0.1, 0.15) is 0 Å². The smallest absolute Gasteiger partial charge is 0.0628 e. The van der Waals surface area contributed by atoms with Crippen LogP contribution in [0.4, 0.5) is 0 Å². The monoisotopic (exact) mass is 669 g/mol. The third-order valence-corrected chi connectivity index (χ3v) is 13.8. The molecule has 5 aliphatic heterocycles. The minimum absolute atomic E-state index is 0. The van der Waals surface area contributed by atoms with E-state index >= 15 is 0 Å². The topological polar surface area (TPSA) is 96.2 Å². The Hall–Kier alpha value is 0.680. The molecule has 0 aromatic heterocycles. The van der Waals surface area contributed by atoms with Gasteiger partial charge in [-0.2, -0.15) is 0 Å². The van der Waals surface area contributed by atoms with Gasteiger partial charge in [0.25, 0.3) is 0 Å². The summed E-state index contributed by atoms with van der Waals surface area (Å²) in [4.78, 5) is 0. The Morgan fingerprint density at radius 3 is 0.476 bits per heavy atom. The second kappa shape index (κ2) is 13.1. The Morgan fingerprint density at radius 2 is 0.357 bits per heavy atom. The van der Waals surface area contributed by atoms with Crippen LogP contribution in [-0.2, 0) is 33.3 Å². The molecule has 0 aromatic carbocycles. The molecule has 9 rings (SSSR count). The van der Waals surface area contributed by atoms with E-state index in [1.807, 2.05) is 0 Å². The summed E-state index contributed by atoms with van der Waals surface area (Å²) in [6.45, 7) is 0. The largest absolute Gasteiger partial charge is 0.286 e. The van der Waals surface area contributed by atoms with Crippen molar-refractivity contribution in [2.75, 3.05) is 0 Å². The van der Waals surface area contributed by atoms with Crippen molar-refractivity contribution in [1.82, 2.24) is 42.5 Å². The van der Waals surface area contributed by atoms with Gasteiger partial charge in [-0.1, -0.05) is 51.4 Å². The average molecular weight is 670 g/mol. The first kappa shape index (κ1) is 31.3. The summed E-state index contributed by atoms with van der Waals surface area (Å²) in [5, 5.41) is 33.8. The molecule has 243 valence electrons. The van der Waals surface area contributed by atoms with Crippen LogP contribution in [0.25, 0.3) is 0 Å². The second-order valence-electron chi connectivity index (χ2n) is 15.6. The van der Waals surface area contributed by atoms with Gasteiger partial charge in [-0.25, -0.2) is 0 Å². The van der Waals surface area contributed by atoms with Crippen molar-refractivity contribution in [2.24, 2.45) is 47.3 Å². The normalized spacial score (nSPS) is 54.9. The fraction of sp³-hybridized carbons (Fsp3) is 1.00. The van der Waals surface area contributed by atoms with E-state index in [1.54, 1.807) is 0 Å². The zero-order valence-electron chi connectivity index (χ0n) is 25.2. The molecule has 8 atom stereocenters. The van der Waals surface area contributed by atoms with Crippen molar-refractivity contribution in [1.29, 1.82) is 0 Å². The molecular formula is C32H56CoN8Ni. The van der Waals surface area contributed by atoms with Crippen molar-refractivity contribution in [3.8, 4) is 0 Å². The summed E-state index contributed by atoms with van der Waals surface area (Å²) < 4.78 is 0. The maximum atomic E-state index is 4.26. The molecule has 42 heavy (non-hydrogen) atoms. The number of hydrogen-bond donors (Lipinski definition) is 8. The van der Waals surface area contributed by atoms with Gasteiger partial charge < -0.3 is 0 Å². The van der Waals surface area contributed by atoms with Crippen LogP contribution in [0.15, 0.2) is 0 Å². The van der Waals surface area contributed by atoms with Gasteiger partial charge >= 0.3 is 0 Å². The van der Waals surface area contributed by atoms with Crippen LogP contribution in [0, 0.1) is 47.3 Å².